The minimum Gasteiger partial charge on any atom is -0.326 e. The summed E-state index contributed by atoms with van der Waals surface area (Å²) in [5, 5.41) is 4.39. The zero-order valence-corrected chi connectivity index (χ0v) is 10.5. The predicted molar refractivity (Wildman–Crippen MR) is 70.8 cm³/mol. The molecule has 0 bridgehead atoms. The van der Waals surface area contributed by atoms with Crippen LogP contribution >= 0.6 is 0 Å². The van der Waals surface area contributed by atoms with Gasteiger partial charge in [-0.1, -0.05) is 6.07 Å². The smallest absolute Gasteiger partial charge is 0.161 e. The molecule has 3 rings (SSSR count). The van der Waals surface area contributed by atoms with Crippen LogP contribution in [0.3, 0.4) is 0 Å². The van der Waals surface area contributed by atoms with Gasteiger partial charge < -0.3 is 10.3 Å². The van der Waals surface area contributed by atoms with Crippen molar-refractivity contribution in [2.24, 2.45) is 19.8 Å². The molecule has 3 aromatic rings. The summed E-state index contributed by atoms with van der Waals surface area (Å²) in [5.41, 5.74) is 9.67. The fourth-order valence-corrected chi connectivity index (χ4v) is 2.14. The lowest BCUT2D eigenvalue weighted by Crippen LogP contribution is -1.96. The lowest BCUT2D eigenvalue weighted by molar-refractivity contribution is 0.766. The van der Waals surface area contributed by atoms with E-state index < -0.39 is 0 Å². The second kappa shape index (κ2) is 3.96. The highest BCUT2D eigenvalue weighted by Crippen LogP contribution is 2.22. The maximum atomic E-state index is 5.65. The molecule has 92 valence electrons. The van der Waals surface area contributed by atoms with Gasteiger partial charge >= 0.3 is 0 Å². The third-order valence-corrected chi connectivity index (χ3v) is 3.12. The van der Waals surface area contributed by atoms with E-state index in [0.717, 1.165) is 28.1 Å². The van der Waals surface area contributed by atoms with Crippen molar-refractivity contribution in [1.29, 1.82) is 0 Å². The molecule has 2 heterocycles. The Morgan fingerprint density at radius 3 is 2.72 bits per heavy atom. The minimum absolute atomic E-state index is 0.533. The number of hydrogen-bond donors (Lipinski definition) is 1. The van der Waals surface area contributed by atoms with Gasteiger partial charge in [0, 0.05) is 26.8 Å². The van der Waals surface area contributed by atoms with Crippen LogP contribution in [0.5, 0.6) is 0 Å². The van der Waals surface area contributed by atoms with Crippen LogP contribution in [0, 0.1) is 0 Å². The average molecular weight is 241 g/mol. The van der Waals surface area contributed by atoms with E-state index in [4.69, 9.17) is 5.73 Å². The zero-order valence-electron chi connectivity index (χ0n) is 10.5. The Labute approximate surface area is 105 Å². The normalized spacial score (nSPS) is 11.3. The quantitative estimate of drug-likeness (QED) is 0.738. The van der Waals surface area contributed by atoms with Gasteiger partial charge in [-0.2, -0.15) is 5.10 Å². The zero-order chi connectivity index (χ0) is 12.7. The summed E-state index contributed by atoms with van der Waals surface area (Å²) < 4.78 is 3.83. The Morgan fingerprint density at radius 2 is 2.06 bits per heavy atom. The van der Waals surface area contributed by atoms with Crippen LogP contribution in [-0.2, 0) is 20.6 Å². The first-order valence-electron chi connectivity index (χ1n) is 5.84. The van der Waals surface area contributed by atoms with Crippen LogP contribution in [0.25, 0.3) is 22.6 Å². The van der Waals surface area contributed by atoms with Gasteiger partial charge in [0.1, 0.15) is 5.69 Å². The highest BCUT2D eigenvalue weighted by atomic mass is 15.3. The molecule has 0 atom stereocenters. The van der Waals surface area contributed by atoms with Crippen molar-refractivity contribution >= 4 is 11.0 Å². The molecular formula is C13H15N5. The highest BCUT2D eigenvalue weighted by Gasteiger charge is 2.11. The molecule has 0 aliphatic heterocycles. The van der Waals surface area contributed by atoms with Gasteiger partial charge in [0.05, 0.1) is 11.0 Å². The maximum Gasteiger partial charge on any atom is 0.161 e. The van der Waals surface area contributed by atoms with Gasteiger partial charge in [0.15, 0.2) is 5.82 Å². The summed E-state index contributed by atoms with van der Waals surface area (Å²) >= 11 is 0. The molecule has 0 aliphatic carbocycles. The molecule has 0 unspecified atom stereocenters. The topological polar surface area (TPSA) is 61.7 Å². The molecule has 0 fully saturated rings. The van der Waals surface area contributed by atoms with E-state index >= 15 is 0 Å². The molecule has 5 heteroatoms. The molecule has 5 nitrogen and oxygen atoms in total. The molecule has 0 radical (unpaired) electrons. The van der Waals surface area contributed by atoms with Gasteiger partial charge in [-0.05, 0) is 23.8 Å². The van der Waals surface area contributed by atoms with Gasteiger partial charge in [0.2, 0.25) is 0 Å². The first kappa shape index (κ1) is 11.0. The van der Waals surface area contributed by atoms with Crippen molar-refractivity contribution in [2.75, 3.05) is 0 Å². The van der Waals surface area contributed by atoms with E-state index in [-0.39, 0.29) is 0 Å². The van der Waals surface area contributed by atoms with E-state index in [9.17, 15) is 0 Å². The van der Waals surface area contributed by atoms with Crippen LogP contribution in [0.2, 0.25) is 0 Å². The van der Waals surface area contributed by atoms with Crippen molar-refractivity contribution in [3.05, 3.63) is 36.0 Å². The van der Waals surface area contributed by atoms with Crippen molar-refractivity contribution in [3.63, 3.8) is 0 Å². The number of aromatic nitrogens is 4. The number of rotatable bonds is 2. The molecular weight excluding hydrogens is 226 g/mol. The molecule has 2 N–H and O–H groups in total. The van der Waals surface area contributed by atoms with Crippen molar-refractivity contribution in [1.82, 2.24) is 19.3 Å². The van der Waals surface area contributed by atoms with Gasteiger partial charge in [-0.15, -0.1) is 0 Å². The first-order chi connectivity index (χ1) is 8.69. The fourth-order valence-electron chi connectivity index (χ4n) is 2.14. The summed E-state index contributed by atoms with van der Waals surface area (Å²) in [6, 6.07) is 8.08. The number of hydrogen-bond acceptors (Lipinski definition) is 3. The largest absolute Gasteiger partial charge is 0.326 e. The standard InChI is InChI=1S/C13H15N5/c1-17-6-5-10(16-17)13-15-11-7-9(8-14)3-4-12(11)18(13)2/h3-7H,8,14H2,1-2H3. The lowest BCUT2D eigenvalue weighted by Gasteiger charge is -1.99. The number of nitrogens with zero attached hydrogens (tertiary/aromatic N) is 4. The Bertz CT molecular complexity index is 707. The van der Waals surface area contributed by atoms with Crippen LogP contribution in [0.15, 0.2) is 30.5 Å². The summed E-state index contributed by atoms with van der Waals surface area (Å²) in [4.78, 5) is 4.64. The maximum absolute atomic E-state index is 5.65. The third kappa shape index (κ3) is 1.60. The van der Waals surface area contributed by atoms with Gasteiger partial charge in [-0.25, -0.2) is 4.98 Å². The molecule has 0 aliphatic rings. The van der Waals surface area contributed by atoms with Gasteiger partial charge in [0.25, 0.3) is 0 Å². The SMILES string of the molecule is Cn1ccc(-c2nc3cc(CN)ccc3n2C)n1. The van der Waals surface area contributed by atoms with Crippen molar-refractivity contribution in [3.8, 4) is 11.5 Å². The fraction of sp³-hybridized carbons (Fsp3) is 0.231. The highest BCUT2D eigenvalue weighted by molar-refractivity contribution is 5.80. The summed E-state index contributed by atoms with van der Waals surface area (Å²) in [6.45, 7) is 0.533. The molecule has 0 spiro atoms. The van der Waals surface area contributed by atoms with E-state index in [0.29, 0.717) is 6.54 Å². The molecule has 0 amide bonds. The molecule has 0 saturated carbocycles. The first-order valence-corrected chi connectivity index (χ1v) is 5.84. The molecule has 18 heavy (non-hydrogen) atoms. The minimum atomic E-state index is 0.533. The average Bonchev–Trinajstić information content (AvgIpc) is 2.93. The predicted octanol–water partition coefficient (Wildman–Crippen LogP) is 1.43. The second-order valence-electron chi connectivity index (χ2n) is 4.40. The Hall–Kier alpha value is -2.14. The summed E-state index contributed by atoms with van der Waals surface area (Å²) in [5.74, 6) is 0.875. The number of nitrogens with two attached hydrogens (primary N) is 1. The summed E-state index contributed by atoms with van der Waals surface area (Å²) in [6.07, 6.45) is 1.92. The van der Waals surface area contributed by atoms with Crippen molar-refractivity contribution in [2.45, 2.75) is 6.54 Å². The molecule has 1 aromatic carbocycles. The monoisotopic (exact) mass is 241 g/mol. The lowest BCUT2D eigenvalue weighted by atomic mass is 10.2. The number of aryl methyl sites for hydroxylation is 2. The molecule has 0 saturated heterocycles. The van der Waals surface area contributed by atoms with Crippen LogP contribution < -0.4 is 5.73 Å². The van der Waals surface area contributed by atoms with Crippen LogP contribution in [0.1, 0.15) is 5.56 Å². The van der Waals surface area contributed by atoms with Crippen LogP contribution in [0.4, 0.5) is 0 Å². The Balaban J connectivity index is 2.22. The van der Waals surface area contributed by atoms with Crippen molar-refractivity contribution < 1.29 is 0 Å². The van der Waals surface area contributed by atoms with E-state index in [2.05, 4.69) is 20.7 Å². The summed E-state index contributed by atoms with van der Waals surface area (Å²) in [7, 11) is 3.90. The van der Waals surface area contributed by atoms with E-state index in [1.54, 1.807) is 4.68 Å². The van der Waals surface area contributed by atoms with Crippen LogP contribution in [-0.4, -0.2) is 19.3 Å². The second-order valence-corrected chi connectivity index (χ2v) is 4.40. The Morgan fingerprint density at radius 1 is 1.22 bits per heavy atom. The van der Waals surface area contributed by atoms with E-state index in [1.165, 1.54) is 0 Å². The molecule has 2 aromatic heterocycles. The number of benzene rings is 1. The number of fused-ring (bicyclic) bond motifs is 1. The third-order valence-electron chi connectivity index (χ3n) is 3.12. The Kier molecular flexibility index (Phi) is 2.41. The van der Waals surface area contributed by atoms with E-state index in [1.807, 2.05) is 38.5 Å². The van der Waals surface area contributed by atoms with Gasteiger partial charge in [-0.3, -0.25) is 4.68 Å². The number of imidazole rings is 1.